The number of rotatable bonds is 5. The van der Waals surface area contributed by atoms with Gasteiger partial charge in [0, 0.05) is 36.8 Å². The highest BCUT2D eigenvalue weighted by atomic mass is 32.2. The number of carbonyl (C=O) groups is 2. The summed E-state index contributed by atoms with van der Waals surface area (Å²) in [4.78, 5) is 29.3. The number of carboxylic acid groups (broad SMARTS) is 1. The van der Waals surface area contributed by atoms with Crippen molar-refractivity contribution in [2.45, 2.75) is 6.54 Å². The van der Waals surface area contributed by atoms with Crippen LogP contribution in [0, 0.1) is 0 Å². The molecule has 2 aromatic carbocycles. The molecule has 2 heterocycles. The molecule has 0 aliphatic carbocycles. The van der Waals surface area contributed by atoms with Crippen LogP contribution in [0.5, 0.6) is 0 Å². The third-order valence-corrected chi connectivity index (χ3v) is 5.53. The molecule has 1 aliphatic rings. The molecular weight excluding hydrogens is 400 g/mol. The Morgan fingerprint density at radius 3 is 2.53 bits per heavy atom. The van der Waals surface area contributed by atoms with Crippen molar-refractivity contribution in [3.8, 4) is 0 Å². The number of carbonyl (C=O) groups excluding carboxylic acids is 2. The summed E-state index contributed by atoms with van der Waals surface area (Å²) >= 11 is 1.28. The summed E-state index contributed by atoms with van der Waals surface area (Å²) in [6.45, 7) is -0.255. The number of para-hydroxylation sites is 2. The molecule has 1 aromatic heterocycles. The lowest BCUT2D eigenvalue weighted by atomic mass is 10.1. The average Bonchev–Trinajstić information content (AvgIpc) is 3.20. The van der Waals surface area contributed by atoms with Crippen molar-refractivity contribution in [3.63, 3.8) is 0 Å². The van der Waals surface area contributed by atoms with Gasteiger partial charge in [-0.05, 0) is 36.0 Å². The molecule has 0 bridgehead atoms. The monoisotopic (exact) mass is 419 g/mol. The van der Waals surface area contributed by atoms with Crippen molar-refractivity contribution in [1.82, 2.24) is 14.6 Å². The number of benzene rings is 2. The number of amides is 1. The fourth-order valence-corrected chi connectivity index (χ4v) is 4.35. The van der Waals surface area contributed by atoms with E-state index in [1.54, 1.807) is 35.9 Å². The molecule has 8 heteroatoms. The molecular formula is C22H19N4O3S-. The second-order valence-electron chi connectivity index (χ2n) is 6.91. The summed E-state index contributed by atoms with van der Waals surface area (Å²) in [5, 5.41) is 15.8. The number of hydrogen-bond donors (Lipinski definition) is 0. The number of aliphatic carboxylic acids is 1. The van der Waals surface area contributed by atoms with Crippen LogP contribution in [0.4, 0.5) is 5.69 Å². The van der Waals surface area contributed by atoms with Gasteiger partial charge in [-0.25, -0.2) is 15.0 Å². The fraction of sp³-hybridized carbons (Fsp3) is 0.136. The summed E-state index contributed by atoms with van der Waals surface area (Å²) in [5.74, 6) is -1.35. The van der Waals surface area contributed by atoms with Crippen LogP contribution in [0.15, 0.2) is 70.7 Å². The van der Waals surface area contributed by atoms with Crippen LogP contribution in [-0.2, 0) is 16.1 Å². The van der Waals surface area contributed by atoms with Crippen LogP contribution in [0.1, 0.15) is 5.56 Å². The zero-order valence-corrected chi connectivity index (χ0v) is 17.3. The van der Waals surface area contributed by atoms with E-state index in [9.17, 15) is 14.7 Å². The molecule has 1 fully saturated rings. The summed E-state index contributed by atoms with van der Waals surface area (Å²) in [6, 6.07) is 16.9. The third-order valence-electron chi connectivity index (χ3n) is 4.57. The molecule has 0 radical (unpaired) electrons. The van der Waals surface area contributed by atoms with Gasteiger partial charge >= 0.3 is 0 Å². The predicted molar refractivity (Wildman–Crippen MR) is 117 cm³/mol. The molecule has 0 N–H and O–H groups in total. The van der Waals surface area contributed by atoms with Gasteiger partial charge in [0.15, 0.2) is 5.17 Å². The fourth-order valence-electron chi connectivity index (χ4n) is 3.30. The second kappa shape index (κ2) is 8.17. The number of aliphatic imine (C=N–C) groups is 1. The van der Waals surface area contributed by atoms with Crippen LogP contribution in [-0.4, -0.2) is 45.7 Å². The maximum Gasteiger partial charge on any atom is 0.281 e. The maximum absolute atomic E-state index is 13.1. The Labute approximate surface area is 177 Å². The summed E-state index contributed by atoms with van der Waals surface area (Å²) < 4.78 is 1.61. The van der Waals surface area contributed by atoms with E-state index in [1.807, 2.05) is 54.6 Å². The zero-order valence-electron chi connectivity index (χ0n) is 16.5. The van der Waals surface area contributed by atoms with Gasteiger partial charge in [-0.1, -0.05) is 36.4 Å². The van der Waals surface area contributed by atoms with E-state index >= 15 is 0 Å². The number of carboxylic acids is 1. The van der Waals surface area contributed by atoms with Crippen molar-refractivity contribution in [2.75, 3.05) is 14.1 Å². The molecule has 0 unspecified atom stereocenters. The Morgan fingerprint density at radius 1 is 1.13 bits per heavy atom. The van der Waals surface area contributed by atoms with E-state index in [2.05, 4.69) is 4.99 Å². The number of fused-ring (bicyclic) bond motifs is 1. The molecule has 4 rings (SSSR count). The van der Waals surface area contributed by atoms with Crippen LogP contribution in [0.25, 0.3) is 17.0 Å². The SMILES string of the molecule is CN(C)N1C(=O)/C(=C/c2cn(CC(=O)[O-])c3ccccc23)SC1=Nc1ccccc1. The minimum Gasteiger partial charge on any atom is -0.548 e. The summed E-state index contributed by atoms with van der Waals surface area (Å²) in [6.07, 6.45) is 3.51. The van der Waals surface area contributed by atoms with E-state index in [0.29, 0.717) is 10.1 Å². The molecule has 3 aromatic rings. The molecule has 1 aliphatic heterocycles. The second-order valence-corrected chi connectivity index (χ2v) is 7.92. The quantitative estimate of drug-likeness (QED) is 0.594. The Kier molecular flexibility index (Phi) is 5.43. The highest BCUT2D eigenvalue weighted by Gasteiger charge is 2.35. The van der Waals surface area contributed by atoms with Gasteiger partial charge < -0.3 is 14.5 Å². The first-order valence-corrected chi connectivity index (χ1v) is 10.1. The normalized spacial score (nSPS) is 17.0. The molecule has 0 saturated carbocycles. The number of nitrogens with zero attached hydrogens (tertiary/aromatic N) is 4. The van der Waals surface area contributed by atoms with Crippen molar-refractivity contribution < 1.29 is 14.7 Å². The first-order valence-electron chi connectivity index (χ1n) is 9.27. The Morgan fingerprint density at radius 2 is 1.83 bits per heavy atom. The van der Waals surface area contributed by atoms with Gasteiger partial charge in [-0.15, -0.1) is 0 Å². The zero-order chi connectivity index (χ0) is 21.3. The molecule has 0 atom stereocenters. The largest absolute Gasteiger partial charge is 0.548 e. The Hall–Kier alpha value is -3.36. The van der Waals surface area contributed by atoms with Gasteiger partial charge in [-0.3, -0.25) is 4.79 Å². The lowest BCUT2D eigenvalue weighted by molar-refractivity contribution is -0.306. The van der Waals surface area contributed by atoms with E-state index in [-0.39, 0.29) is 12.5 Å². The average molecular weight is 419 g/mol. The Balaban J connectivity index is 1.76. The number of thioether (sulfide) groups is 1. The molecule has 1 saturated heterocycles. The van der Waals surface area contributed by atoms with Gasteiger partial charge in [-0.2, -0.15) is 0 Å². The van der Waals surface area contributed by atoms with Gasteiger partial charge in [0.1, 0.15) is 0 Å². The van der Waals surface area contributed by atoms with Crippen molar-refractivity contribution >= 4 is 51.5 Å². The van der Waals surface area contributed by atoms with Crippen molar-refractivity contribution in [2.24, 2.45) is 4.99 Å². The minimum atomic E-state index is -1.17. The molecule has 0 spiro atoms. The highest BCUT2D eigenvalue weighted by Crippen LogP contribution is 2.36. The van der Waals surface area contributed by atoms with Gasteiger partial charge in [0.2, 0.25) is 0 Å². The van der Waals surface area contributed by atoms with Crippen LogP contribution < -0.4 is 5.11 Å². The Bertz CT molecular complexity index is 1180. The number of amidine groups is 1. The number of aromatic nitrogens is 1. The van der Waals surface area contributed by atoms with E-state index in [0.717, 1.165) is 22.2 Å². The first-order chi connectivity index (χ1) is 14.4. The predicted octanol–water partition coefficient (Wildman–Crippen LogP) is 2.47. The van der Waals surface area contributed by atoms with Crippen molar-refractivity contribution in [1.29, 1.82) is 0 Å². The molecule has 7 nitrogen and oxygen atoms in total. The molecule has 1 amide bonds. The summed E-state index contributed by atoms with van der Waals surface area (Å²) in [7, 11) is 3.57. The smallest absolute Gasteiger partial charge is 0.281 e. The topological polar surface area (TPSA) is 81.0 Å². The first kappa shape index (κ1) is 19.9. The van der Waals surface area contributed by atoms with E-state index < -0.39 is 5.97 Å². The number of hydrogen-bond acceptors (Lipinski definition) is 6. The van der Waals surface area contributed by atoms with Crippen LogP contribution in [0.2, 0.25) is 0 Å². The lowest BCUT2D eigenvalue weighted by Gasteiger charge is -2.22. The summed E-state index contributed by atoms with van der Waals surface area (Å²) in [5.41, 5.74) is 2.29. The number of hydrazine groups is 1. The third kappa shape index (κ3) is 3.87. The van der Waals surface area contributed by atoms with Crippen LogP contribution in [0.3, 0.4) is 0 Å². The molecule has 152 valence electrons. The maximum atomic E-state index is 13.1. The standard InChI is InChI=1S/C22H20N4O3S/c1-24(2)26-21(29)19(30-22(26)23-16-8-4-3-5-9-16)12-15-13-25(14-20(27)28)18-11-7-6-10-17(15)18/h3-13H,14H2,1-2H3,(H,27,28)/p-1/b19-12-,23-22?. The van der Waals surface area contributed by atoms with Crippen LogP contribution >= 0.6 is 11.8 Å². The van der Waals surface area contributed by atoms with Crippen molar-refractivity contribution in [3.05, 3.63) is 71.3 Å². The molecule has 30 heavy (non-hydrogen) atoms. The highest BCUT2D eigenvalue weighted by molar-refractivity contribution is 8.18. The minimum absolute atomic E-state index is 0.184. The van der Waals surface area contributed by atoms with E-state index in [1.165, 1.54) is 16.8 Å². The van der Waals surface area contributed by atoms with Gasteiger partial charge in [0.25, 0.3) is 5.91 Å². The van der Waals surface area contributed by atoms with Gasteiger partial charge in [0.05, 0.1) is 23.1 Å². The van der Waals surface area contributed by atoms with E-state index in [4.69, 9.17) is 0 Å². The lowest BCUT2D eigenvalue weighted by Crippen LogP contribution is -2.40.